The number of halogens is 1. The van der Waals surface area contributed by atoms with E-state index < -0.39 is 0 Å². The van der Waals surface area contributed by atoms with Crippen LogP contribution in [0.5, 0.6) is 0 Å². The highest BCUT2D eigenvalue weighted by atomic mass is 79.9. The number of hydrogen-bond donors (Lipinski definition) is 1. The van der Waals surface area contributed by atoms with Crippen molar-refractivity contribution < 1.29 is 0 Å². The van der Waals surface area contributed by atoms with Crippen LogP contribution in [0.4, 0.5) is 0 Å². The zero-order chi connectivity index (χ0) is 10.6. The molecule has 0 amide bonds. The molecule has 0 aromatic carbocycles. The second-order valence-electron chi connectivity index (χ2n) is 3.49. The molecule has 4 heteroatoms. The van der Waals surface area contributed by atoms with Gasteiger partial charge in [0.2, 0.25) is 0 Å². The van der Waals surface area contributed by atoms with Gasteiger partial charge in [-0.3, -0.25) is 4.68 Å². The number of unbranched alkanes of at least 4 members (excludes halogenated alkanes) is 2. The molecular formula is C10H17BrN2S. The summed E-state index contributed by atoms with van der Waals surface area (Å²) in [5.74, 6) is 0.987. The van der Waals surface area contributed by atoms with E-state index in [0.717, 1.165) is 22.5 Å². The molecule has 0 N–H and O–H groups in total. The fourth-order valence-electron chi connectivity index (χ4n) is 1.44. The average molecular weight is 277 g/mol. The van der Waals surface area contributed by atoms with Gasteiger partial charge in [0.1, 0.15) is 0 Å². The van der Waals surface area contributed by atoms with E-state index in [4.69, 9.17) is 0 Å². The third-order valence-electron chi connectivity index (χ3n) is 2.32. The molecule has 0 bridgehead atoms. The van der Waals surface area contributed by atoms with Crippen LogP contribution in [0, 0.1) is 13.8 Å². The van der Waals surface area contributed by atoms with Crippen LogP contribution in [-0.4, -0.2) is 15.5 Å². The van der Waals surface area contributed by atoms with Gasteiger partial charge >= 0.3 is 0 Å². The normalized spacial score (nSPS) is 10.9. The third kappa shape index (κ3) is 3.02. The van der Waals surface area contributed by atoms with Crippen LogP contribution in [0.25, 0.3) is 0 Å². The second kappa shape index (κ2) is 5.81. The number of aryl methyl sites for hydroxylation is 2. The molecule has 0 aliphatic carbocycles. The van der Waals surface area contributed by atoms with Crippen molar-refractivity contribution in [3.05, 3.63) is 15.9 Å². The monoisotopic (exact) mass is 276 g/mol. The zero-order valence-corrected chi connectivity index (χ0v) is 11.2. The summed E-state index contributed by atoms with van der Waals surface area (Å²) >= 11 is 7.72. The van der Waals surface area contributed by atoms with Crippen LogP contribution < -0.4 is 0 Å². The number of hydrogen-bond acceptors (Lipinski definition) is 2. The maximum absolute atomic E-state index is 4.46. The van der Waals surface area contributed by atoms with Gasteiger partial charge in [0.15, 0.2) is 0 Å². The van der Waals surface area contributed by atoms with Gasteiger partial charge in [-0.1, -0.05) is 6.42 Å². The molecule has 0 saturated carbocycles. The lowest BCUT2D eigenvalue weighted by atomic mass is 10.2. The molecule has 0 saturated heterocycles. The van der Waals surface area contributed by atoms with E-state index in [9.17, 15) is 0 Å². The van der Waals surface area contributed by atoms with Crippen molar-refractivity contribution in [1.82, 2.24) is 9.78 Å². The van der Waals surface area contributed by atoms with Gasteiger partial charge in [-0.05, 0) is 48.4 Å². The van der Waals surface area contributed by atoms with Crippen molar-refractivity contribution in [3.8, 4) is 0 Å². The van der Waals surface area contributed by atoms with Crippen LogP contribution in [0.3, 0.4) is 0 Å². The van der Waals surface area contributed by atoms with Crippen LogP contribution in [0.15, 0.2) is 4.47 Å². The Labute approximate surface area is 99.6 Å². The lowest BCUT2D eigenvalue weighted by Crippen LogP contribution is -2.02. The molecule has 14 heavy (non-hydrogen) atoms. The highest BCUT2D eigenvalue weighted by molar-refractivity contribution is 9.10. The van der Waals surface area contributed by atoms with Crippen molar-refractivity contribution >= 4 is 28.6 Å². The summed E-state index contributed by atoms with van der Waals surface area (Å²) in [4.78, 5) is 0. The molecule has 1 rings (SSSR count). The minimum absolute atomic E-state index is 0.987. The molecule has 0 radical (unpaired) electrons. The molecule has 0 unspecified atom stereocenters. The molecule has 0 aliphatic rings. The van der Waals surface area contributed by atoms with Crippen molar-refractivity contribution in [2.24, 2.45) is 0 Å². The lowest BCUT2D eigenvalue weighted by Gasteiger charge is -2.03. The molecule has 0 atom stereocenters. The van der Waals surface area contributed by atoms with E-state index in [-0.39, 0.29) is 0 Å². The topological polar surface area (TPSA) is 17.8 Å². The Morgan fingerprint density at radius 1 is 1.29 bits per heavy atom. The van der Waals surface area contributed by atoms with Gasteiger partial charge in [-0.15, -0.1) is 0 Å². The smallest absolute Gasteiger partial charge is 0.0738 e. The summed E-state index contributed by atoms with van der Waals surface area (Å²) < 4.78 is 3.23. The first-order chi connectivity index (χ1) is 6.66. The number of aromatic nitrogens is 2. The molecular weight excluding hydrogens is 260 g/mol. The minimum Gasteiger partial charge on any atom is -0.268 e. The molecule has 1 aromatic rings. The highest BCUT2D eigenvalue weighted by Crippen LogP contribution is 2.20. The second-order valence-corrected chi connectivity index (χ2v) is 4.73. The molecule has 80 valence electrons. The van der Waals surface area contributed by atoms with E-state index in [1.165, 1.54) is 25.0 Å². The Balaban J connectivity index is 2.47. The predicted octanol–water partition coefficient (Wildman–Crippen LogP) is 3.36. The first kappa shape index (κ1) is 12.1. The Morgan fingerprint density at radius 2 is 2.00 bits per heavy atom. The fraction of sp³-hybridized carbons (Fsp3) is 0.700. The Bertz CT molecular complexity index is 297. The number of thiol groups is 1. The van der Waals surface area contributed by atoms with Crippen molar-refractivity contribution in [2.75, 3.05) is 5.75 Å². The predicted molar refractivity (Wildman–Crippen MR) is 67.1 cm³/mol. The molecule has 0 aliphatic heterocycles. The Hall–Kier alpha value is 0.0400. The first-order valence-electron chi connectivity index (χ1n) is 4.97. The largest absolute Gasteiger partial charge is 0.268 e. The van der Waals surface area contributed by atoms with Crippen LogP contribution in [0.2, 0.25) is 0 Å². The van der Waals surface area contributed by atoms with Gasteiger partial charge in [0.25, 0.3) is 0 Å². The van der Waals surface area contributed by atoms with E-state index in [0.29, 0.717) is 0 Å². The van der Waals surface area contributed by atoms with Crippen LogP contribution in [-0.2, 0) is 6.54 Å². The maximum atomic E-state index is 4.46. The van der Waals surface area contributed by atoms with E-state index in [1.807, 2.05) is 6.92 Å². The molecule has 1 heterocycles. The van der Waals surface area contributed by atoms with Crippen molar-refractivity contribution in [1.29, 1.82) is 0 Å². The maximum Gasteiger partial charge on any atom is 0.0738 e. The van der Waals surface area contributed by atoms with E-state index in [2.05, 4.69) is 45.3 Å². The quantitative estimate of drug-likeness (QED) is 0.645. The standard InChI is InChI=1S/C10H17BrN2S/c1-8-10(11)9(2)13(12-8)6-4-3-5-7-14/h14H,3-7H2,1-2H3. The van der Waals surface area contributed by atoms with Gasteiger partial charge in [-0.2, -0.15) is 17.7 Å². The third-order valence-corrected chi connectivity index (χ3v) is 3.79. The van der Waals surface area contributed by atoms with Crippen LogP contribution >= 0.6 is 28.6 Å². The van der Waals surface area contributed by atoms with Gasteiger partial charge in [0, 0.05) is 12.2 Å². The van der Waals surface area contributed by atoms with Crippen LogP contribution in [0.1, 0.15) is 30.7 Å². The zero-order valence-electron chi connectivity index (χ0n) is 8.76. The van der Waals surface area contributed by atoms with E-state index >= 15 is 0 Å². The van der Waals surface area contributed by atoms with Gasteiger partial charge in [0.05, 0.1) is 10.2 Å². The SMILES string of the molecule is Cc1nn(CCCCCS)c(C)c1Br. The summed E-state index contributed by atoms with van der Waals surface area (Å²) in [6.07, 6.45) is 3.62. The molecule has 0 spiro atoms. The lowest BCUT2D eigenvalue weighted by molar-refractivity contribution is 0.541. The summed E-state index contributed by atoms with van der Waals surface area (Å²) in [6.45, 7) is 5.15. The Kier molecular flexibility index (Phi) is 5.02. The Morgan fingerprint density at radius 3 is 2.50 bits per heavy atom. The van der Waals surface area contributed by atoms with E-state index in [1.54, 1.807) is 0 Å². The summed E-state index contributed by atoms with van der Waals surface area (Å²) in [7, 11) is 0. The summed E-state index contributed by atoms with van der Waals surface area (Å²) in [5.41, 5.74) is 2.31. The van der Waals surface area contributed by atoms with Gasteiger partial charge < -0.3 is 0 Å². The molecule has 1 aromatic heterocycles. The minimum atomic E-state index is 0.987. The highest BCUT2D eigenvalue weighted by Gasteiger charge is 2.07. The van der Waals surface area contributed by atoms with Crippen molar-refractivity contribution in [3.63, 3.8) is 0 Å². The average Bonchev–Trinajstić information content (AvgIpc) is 2.41. The fourth-order valence-corrected chi connectivity index (χ4v) is 1.95. The van der Waals surface area contributed by atoms with Gasteiger partial charge in [-0.25, -0.2) is 0 Å². The number of nitrogens with zero attached hydrogens (tertiary/aromatic N) is 2. The molecule has 2 nitrogen and oxygen atoms in total. The number of rotatable bonds is 5. The summed E-state index contributed by atoms with van der Waals surface area (Å²) in [5, 5.41) is 4.46. The van der Waals surface area contributed by atoms with Crippen molar-refractivity contribution in [2.45, 2.75) is 39.7 Å². The first-order valence-corrected chi connectivity index (χ1v) is 6.39. The summed E-state index contributed by atoms with van der Waals surface area (Å²) in [6, 6.07) is 0. The molecule has 0 fully saturated rings.